The van der Waals surface area contributed by atoms with Crippen LogP contribution in [0, 0.1) is 6.92 Å². The van der Waals surface area contributed by atoms with Crippen molar-refractivity contribution in [3.63, 3.8) is 0 Å². The molecule has 0 fully saturated rings. The van der Waals surface area contributed by atoms with Crippen LogP contribution in [-0.4, -0.2) is 28.5 Å². The minimum atomic E-state index is -0.588. The largest absolute Gasteiger partial charge is 0.444 e. The van der Waals surface area contributed by atoms with Gasteiger partial charge in [0.05, 0.1) is 23.4 Å². The van der Waals surface area contributed by atoms with Gasteiger partial charge in [0.2, 0.25) is 5.89 Å². The van der Waals surface area contributed by atoms with Gasteiger partial charge in [0.25, 0.3) is 11.8 Å². The fourth-order valence-electron chi connectivity index (χ4n) is 3.36. The number of hydrogen-bond acceptors (Lipinski definition) is 6. The maximum absolute atomic E-state index is 12.7. The third-order valence-electron chi connectivity index (χ3n) is 4.86. The third kappa shape index (κ3) is 4.12. The van der Waals surface area contributed by atoms with E-state index in [1.54, 1.807) is 76.2 Å². The summed E-state index contributed by atoms with van der Waals surface area (Å²) in [5.74, 6) is 0.250. The van der Waals surface area contributed by atoms with Crippen molar-refractivity contribution in [2.45, 2.75) is 39.8 Å². The number of alkyl carbamates (subject to hydrolysis) is 1. The van der Waals surface area contributed by atoms with Crippen LogP contribution in [0.3, 0.4) is 0 Å². The van der Waals surface area contributed by atoms with Gasteiger partial charge in [-0.15, -0.1) is 0 Å². The summed E-state index contributed by atoms with van der Waals surface area (Å²) in [4.78, 5) is 42.8. The Labute approximate surface area is 185 Å². The van der Waals surface area contributed by atoms with Crippen LogP contribution in [0.4, 0.5) is 10.5 Å². The van der Waals surface area contributed by atoms with E-state index >= 15 is 0 Å². The molecule has 2 aromatic carbocycles. The molecule has 0 unspecified atom stereocenters. The van der Waals surface area contributed by atoms with E-state index in [0.29, 0.717) is 39.7 Å². The summed E-state index contributed by atoms with van der Waals surface area (Å²) in [6.45, 7) is 7.29. The van der Waals surface area contributed by atoms with Gasteiger partial charge in [0.1, 0.15) is 17.1 Å². The van der Waals surface area contributed by atoms with Crippen molar-refractivity contribution in [2.24, 2.45) is 0 Å². The Kier molecular flexibility index (Phi) is 5.30. The van der Waals surface area contributed by atoms with Gasteiger partial charge in [-0.1, -0.05) is 12.1 Å². The smallest absolute Gasteiger partial charge is 0.407 e. The molecular formula is C24H23N3O5. The summed E-state index contributed by atoms with van der Waals surface area (Å²) >= 11 is 0. The Morgan fingerprint density at radius 1 is 1.03 bits per heavy atom. The normalized spacial score (nSPS) is 13.3. The third-order valence-corrected chi connectivity index (χ3v) is 4.86. The molecule has 0 atom stereocenters. The van der Waals surface area contributed by atoms with Crippen LogP contribution in [0.2, 0.25) is 0 Å². The van der Waals surface area contributed by atoms with E-state index in [2.05, 4.69) is 10.3 Å². The summed E-state index contributed by atoms with van der Waals surface area (Å²) in [5.41, 5.74) is 1.93. The van der Waals surface area contributed by atoms with Crippen LogP contribution in [0.5, 0.6) is 0 Å². The predicted octanol–water partition coefficient (Wildman–Crippen LogP) is 4.48. The van der Waals surface area contributed by atoms with Gasteiger partial charge in [-0.05, 0) is 64.1 Å². The summed E-state index contributed by atoms with van der Waals surface area (Å²) in [6, 6.07) is 13.6. The zero-order valence-corrected chi connectivity index (χ0v) is 18.3. The van der Waals surface area contributed by atoms with E-state index < -0.39 is 11.7 Å². The summed E-state index contributed by atoms with van der Waals surface area (Å²) in [5, 5.41) is 2.66. The Hall–Kier alpha value is -3.94. The number of imide groups is 1. The van der Waals surface area contributed by atoms with Crippen molar-refractivity contribution in [3.8, 4) is 11.5 Å². The lowest BCUT2D eigenvalue weighted by atomic mass is 10.1. The summed E-state index contributed by atoms with van der Waals surface area (Å²) in [7, 11) is 0. The molecular weight excluding hydrogens is 410 g/mol. The second-order valence-electron chi connectivity index (χ2n) is 8.42. The minimum absolute atomic E-state index is 0.164. The number of aromatic nitrogens is 1. The first-order valence-corrected chi connectivity index (χ1v) is 10.2. The Bertz CT molecular complexity index is 1170. The lowest BCUT2D eigenvalue weighted by Crippen LogP contribution is -2.32. The number of fused-ring (bicyclic) bond motifs is 1. The topological polar surface area (TPSA) is 102 Å². The van der Waals surface area contributed by atoms with Crippen molar-refractivity contribution in [3.05, 3.63) is 71.1 Å². The number of carbonyl (C=O) groups is 3. The van der Waals surface area contributed by atoms with Crippen LogP contribution in [0.25, 0.3) is 11.5 Å². The molecule has 1 aromatic heterocycles. The first-order valence-electron chi connectivity index (χ1n) is 10.2. The monoisotopic (exact) mass is 433 g/mol. The maximum Gasteiger partial charge on any atom is 0.407 e. The quantitative estimate of drug-likeness (QED) is 0.609. The van der Waals surface area contributed by atoms with Crippen molar-refractivity contribution in [1.82, 2.24) is 10.3 Å². The van der Waals surface area contributed by atoms with E-state index in [9.17, 15) is 14.4 Å². The van der Waals surface area contributed by atoms with Crippen molar-refractivity contribution in [2.75, 3.05) is 4.90 Å². The Morgan fingerprint density at radius 3 is 2.19 bits per heavy atom. The molecule has 32 heavy (non-hydrogen) atoms. The molecule has 0 aliphatic carbocycles. The number of ether oxygens (including phenoxy) is 1. The molecule has 1 aliphatic heterocycles. The molecule has 3 aromatic rings. The molecule has 1 aliphatic rings. The lowest BCUT2D eigenvalue weighted by molar-refractivity contribution is 0.0522. The highest BCUT2D eigenvalue weighted by atomic mass is 16.6. The van der Waals surface area contributed by atoms with Gasteiger partial charge >= 0.3 is 6.09 Å². The van der Waals surface area contributed by atoms with Crippen LogP contribution in [0.1, 0.15) is 52.9 Å². The van der Waals surface area contributed by atoms with E-state index in [1.165, 1.54) is 0 Å². The molecule has 8 nitrogen and oxygen atoms in total. The van der Waals surface area contributed by atoms with Gasteiger partial charge in [0.15, 0.2) is 0 Å². The molecule has 0 spiro atoms. The number of hydrogen-bond donors (Lipinski definition) is 1. The Morgan fingerprint density at radius 2 is 1.62 bits per heavy atom. The van der Waals surface area contributed by atoms with Crippen LogP contribution in [0.15, 0.2) is 52.9 Å². The number of rotatable bonds is 4. The van der Waals surface area contributed by atoms with Gasteiger partial charge in [0, 0.05) is 5.56 Å². The van der Waals surface area contributed by atoms with Gasteiger partial charge < -0.3 is 14.5 Å². The summed E-state index contributed by atoms with van der Waals surface area (Å²) < 4.78 is 11.0. The van der Waals surface area contributed by atoms with Crippen LogP contribution in [-0.2, 0) is 11.3 Å². The molecule has 8 heteroatoms. The standard InChI is InChI=1S/C24H23N3O5/c1-14-19(13-25-23(30)32-24(2,3)4)26-20(31-14)15-9-11-16(12-10-15)27-21(28)17-7-5-6-8-18(17)22(27)29/h5-12H,13H2,1-4H3,(H,25,30). The zero-order chi connectivity index (χ0) is 23.0. The van der Waals surface area contributed by atoms with Gasteiger partial charge in [-0.3, -0.25) is 9.59 Å². The SMILES string of the molecule is Cc1oc(-c2ccc(N3C(=O)c4ccccc4C3=O)cc2)nc1CNC(=O)OC(C)(C)C. The average molecular weight is 433 g/mol. The second kappa shape index (κ2) is 7.96. The van der Waals surface area contributed by atoms with Crippen molar-refractivity contribution >= 4 is 23.6 Å². The van der Waals surface area contributed by atoms with Crippen LogP contribution >= 0.6 is 0 Å². The van der Waals surface area contributed by atoms with E-state index in [0.717, 1.165) is 4.90 Å². The minimum Gasteiger partial charge on any atom is -0.444 e. The Balaban J connectivity index is 1.49. The van der Waals surface area contributed by atoms with E-state index in [1.807, 2.05) is 0 Å². The molecule has 2 heterocycles. The number of benzene rings is 2. The molecule has 0 saturated carbocycles. The fourth-order valence-corrected chi connectivity index (χ4v) is 3.36. The zero-order valence-electron chi connectivity index (χ0n) is 18.3. The number of nitrogens with zero attached hydrogens (tertiary/aromatic N) is 2. The fraction of sp³-hybridized carbons (Fsp3) is 0.250. The predicted molar refractivity (Wildman–Crippen MR) is 117 cm³/mol. The molecule has 164 valence electrons. The molecule has 4 rings (SSSR count). The van der Waals surface area contributed by atoms with E-state index in [-0.39, 0.29) is 18.4 Å². The number of anilines is 1. The van der Waals surface area contributed by atoms with Gasteiger partial charge in [-0.25, -0.2) is 14.7 Å². The highest BCUT2D eigenvalue weighted by Gasteiger charge is 2.36. The lowest BCUT2D eigenvalue weighted by Gasteiger charge is -2.19. The highest BCUT2D eigenvalue weighted by Crippen LogP contribution is 2.30. The highest BCUT2D eigenvalue weighted by molar-refractivity contribution is 6.34. The van der Waals surface area contributed by atoms with Gasteiger partial charge in [-0.2, -0.15) is 0 Å². The molecule has 0 saturated heterocycles. The maximum atomic E-state index is 12.7. The summed E-state index contributed by atoms with van der Waals surface area (Å²) in [6.07, 6.45) is -0.535. The van der Waals surface area contributed by atoms with Crippen molar-refractivity contribution < 1.29 is 23.5 Å². The number of nitrogens with one attached hydrogen (secondary N) is 1. The van der Waals surface area contributed by atoms with Crippen LogP contribution < -0.4 is 10.2 Å². The first kappa shape index (κ1) is 21.3. The first-order chi connectivity index (χ1) is 15.1. The molecule has 3 amide bonds. The van der Waals surface area contributed by atoms with Crippen molar-refractivity contribution in [1.29, 1.82) is 0 Å². The molecule has 1 N–H and O–H groups in total. The average Bonchev–Trinajstić information content (AvgIpc) is 3.23. The number of carbonyl (C=O) groups excluding carboxylic acids is 3. The number of aryl methyl sites for hydroxylation is 1. The molecule has 0 radical (unpaired) electrons. The molecule has 0 bridgehead atoms. The number of amides is 3. The van der Waals surface area contributed by atoms with E-state index in [4.69, 9.17) is 9.15 Å². The number of oxazole rings is 1. The second-order valence-corrected chi connectivity index (χ2v) is 8.42.